The van der Waals surface area contributed by atoms with Gasteiger partial charge in [-0.2, -0.15) is 0 Å². The van der Waals surface area contributed by atoms with Crippen molar-refractivity contribution in [2.45, 2.75) is 13.8 Å². The summed E-state index contributed by atoms with van der Waals surface area (Å²) in [6.07, 6.45) is 1.68. The van der Waals surface area contributed by atoms with Gasteiger partial charge in [0.1, 0.15) is 17.2 Å². The molecule has 5 nitrogen and oxygen atoms in total. The summed E-state index contributed by atoms with van der Waals surface area (Å²) in [5.41, 5.74) is 3.47. The normalized spacial score (nSPS) is 10.7. The highest BCUT2D eigenvalue weighted by atomic mass is 16.5. The molecule has 140 valence electrons. The molecule has 1 heterocycles. The number of nitrogens with zero attached hydrogens (tertiary/aromatic N) is 2. The van der Waals surface area contributed by atoms with Gasteiger partial charge < -0.3 is 14.2 Å². The van der Waals surface area contributed by atoms with E-state index in [1.54, 1.807) is 20.4 Å². The Hall–Kier alpha value is -3.08. The zero-order valence-corrected chi connectivity index (χ0v) is 16.1. The molecule has 3 rings (SSSR count). The molecule has 0 amide bonds. The molecule has 2 aromatic carbocycles. The smallest absolute Gasteiger partial charge is 0.232 e. The number of rotatable bonds is 7. The molecule has 0 N–H and O–H groups in total. The molecular weight excluding hydrogens is 340 g/mol. The van der Waals surface area contributed by atoms with E-state index in [0.29, 0.717) is 18.4 Å². The largest absolute Gasteiger partial charge is 0.497 e. The van der Waals surface area contributed by atoms with E-state index in [9.17, 15) is 0 Å². The van der Waals surface area contributed by atoms with Crippen LogP contribution in [0.3, 0.4) is 0 Å². The maximum absolute atomic E-state index is 5.78. The average molecular weight is 364 g/mol. The van der Waals surface area contributed by atoms with E-state index in [1.165, 1.54) is 0 Å². The van der Waals surface area contributed by atoms with Crippen LogP contribution in [-0.2, 0) is 0 Å². The first-order valence-electron chi connectivity index (χ1n) is 8.89. The number of methoxy groups -OCH3 is 2. The van der Waals surface area contributed by atoms with Crippen molar-refractivity contribution in [3.05, 3.63) is 54.7 Å². The van der Waals surface area contributed by atoms with Gasteiger partial charge in [-0.05, 0) is 54.4 Å². The van der Waals surface area contributed by atoms with Crippen LogP contribution < -0.4 is 14.2 Å². The molecule has 27 heavy (non-hydrogen) atoms. The van der Waals surface area contributed by atoms with Gasteiger partial charge >= 0.3 is 0 Å². The summed E-state index contributed by atoms with van der Waals surface area (Å²) in [5, 5.41) is 0. The summed E-state index contributed by atoms with van der Waals surface area (Å²) in [6, 6.07) is 15.6. The monoisotopic (exact) mass is 364 g/mol. The Balaban J connectivity index is 2.04. The SMILES string of the molecule is COc1ccc(-c2ncc(OCC(C)C)nc2-c2ccc(OC)cc2)cc1. The summed E-state index contributed by atoms with van der Waals surface area (Å²) in [6.45, 7) is 4.80. The van der Waals surface area contributed by atoms with Crippen molar-refractivity contribution in [3.8, 4) is 39.9 Å². The predicted octanol–water partition coefficient (Wildman–Crippen LogP) is 4.86. The lowest BCUT2D eigenvalue weighted by molar-refractivity contribution is 0.260. The van der Waals surface area contributed by atoms with Crippen molar-refractivity contribution in [2.75, 3.05) is 20.8 Å². The molecule has 0 spiro atoms. The summed E-state index contributed by atoms with van der Waals surface area (Å²) in [4.78, 5) is 9.37. The number of benzene rings is 2. The van der Waals surface area contributed by atoms with Crippen molar-refractivity contribution in [1.82, 2.24) is 9.97 Å². The van der Waals surface area contributed by atoms with E-state index in [2.05, 4.69) is 18.8 Å². The van der Waals surface area contributed by atoms with Crippen LogP contribution in [-0.4, -0.2) is 30.8 Å². The Kier molecular flexibility index (Phi) is 5.91. The molecule has 0 aliphatic carbocycles. The highest BCUT2D eigenvalue weighted by Crippen LogP contribution is 2.32. The van der Waals surface area contributed by atoms with Crippen LogP contribution in [0.2, 0.25) is 0 Å². The van der Waals surface area contributed by atoms with Crippen molar-refractivity contribution >= 4 is 0 Å². The third kappa shape index (κ3) is 4.56. The molecule has 0 unspecified atom stereocenters. The summed E-state index contributed by atoms with van der Waals surface area (Å²) < 4.78 is 16.3. The molecule has 0 aliphatic rings. The molecule has 1 aromatic heterocycles. The van der Waals surface area contributed by atoms with E-state index in [1.807, 2.05) is 48.5 Å². The van der Waals surface area contributed by atoms with Crippen LogP contribution in [0.5, 0.6) is 17.4 Å². The van der Waals surface area contributed by atoms with Crippen molar-refractivity contribution in [1.29, 1.82) is 0 Å². The minimum absolute atomic E-state index is 0.414. The van der Waals surface area contributed by atoms with E-state index >= 15 is 0 Å². The first-order chi connectivity index (χ1) is 13.1. The van der Waals surface area contributed by atoms with Crippen molar-refractivity contribution in [3.63, 3.8) is 0 Å². The molecule has 0 fully saturated rings. The van der Waals surface area contributed by atoms with Crippen LogP contribution >= 0.6 is 0 Å². The lowest BCUT2D eigenvalue weighted by Crippen LogP contribution is -2.07. The Morgan fingerprint density at radius 3 is 1.78 bits per heavy atom. The van der Waals surface area contributed by atoms with Gasteiger partial charge in [0, 0.05) is 11.1 Å². The Morgan fingerprint density at radius 2 is 1.30 bits per heavy atom. The number of hydrogen-bond donors (Lipinski definition) is 0. The first-order valence-corrected chi connectivity index (χ1v) is 8.89. The van der Waals surface area contributed by atoms with Crippen molar-refractivity contribution in [2.24, 2.45) is 5.92 Å². The lowest BCUT2D eigenvalue weighted by atomic mass is 10.0. The molecule has 0 radical (unpaired) electrons. The highest BCUT2D eigenvalue weighted by Gasteiger charge is 2.14. The highest BCUT2D eigenvalue weighted by molar-refractivity contribution is 5.78. The van der Waals surface area contributed by atoms with E-state index in [-0.39, 0.29) is 0 Å². The Bertz CT molecular complexity index is 875. The zero-order chi connectivity index (χ0) is 19.2. The third-order valence-electron chi connectivity index (χ3n) is 4.04. The Morgan fingerprint density at radius 1 is 0.778 bits per heavy atom. The van der Waals surface area contributed by atoms with Gasteiger partial charge in [0.25, 0.3) is 0 Å². The van der Waals surface area contributed by atoms with Gasteiger partial charge in [-0.3, -0.25) is 0 Å². The van der Waals surface area contributed by atoms with E-state index in [4.69, 9.17) is 19.2 Å². The molecular formula is C22H24N2O3. The molecule has 3 aromatic rings. The standard InChI is InChI=1S/C22H24N2O3/c1-15(2)14-27-20-13-23-21(16-5-9-18(25-3)10-6-16)22(24-20)17-7-11-19(26-4)12-8-17/h5-13,15H,14H2,1-4H3. The molecule has 0 saturated carbocycles. The predicted molar refractivity (Wildman–Crippen MR) is 106 cm³/mol. The fourth-order valence-corrected chi connectivity index (χ4v) is 2.60. The van der Waals surface area contributed by atoms with Gasteiger partial charge in [0.05, 0.1) is 32.7 Å². The number of aromatic nitrogens is 2. The van der Waals surface area contributed by atoms with Crippen LogP contribution in [0, 0.1) is 5.92 Å². The molecule has 0 atom stereocenters. The number of ether oxygens (including phenoxy) is 3. The Labute approximate surface area is 160 Å². The van der Waals surface area contributed by atoms with Gasteiger partial charge in [-0.25, -0.2) is 9.97 Å². The minimum atomic E-state index is 0.414. The maximum Gasteiger partial charge on any atom is 0.232 e. The second-order valence-electron chi connectivity index (χ2n) is 6.57. The molecule has 0 saturated heterocycles. The van der Waals surface area contributed by atoms with Gasteiger partial charge in [0.15, 0.2) is 0 Å². The van der Waals surface area contributed by atoms with Crippen molar-refractivity contribution < 1.29 is 14.2 Å². The van der Waals surface area contributed by atoms with Crippen LogP contribution in [0.25, 0.3) is 22.5 Å². The summed E-state index contributed by atoms with van der Waals surface area (Å²) in [5.74, 6) is 2.53. The molecule has 0 aliphatic heterocycles. The lowest BCUT2D eigenvalue weighted by Gasteiger charge is -2.13. The fourth-order valence-electron chi connectivity index (χ4n) is 2.60. The van der Waals surface area contributed by atoms with E-state index < -0.39 is 0 Å². The fraction of sp³-hybridized carbons (Fsp3) is 0.273. The van der Waals surface area contributed by atoms with Gasteiger partial charge in [-0.15, -0.1) is 0 Å². The number of hydrogen-bond acceptors (Lipinski definition) is 5. The average Bonchev–Trinajstić information content (AvgIpc) is 2.72. The second-order valence-corrected chi connectivity index (χ2v) is 6.57. The maximum atomic E-state index is 5.78. The topological polar surface area (TPSA) is 53.5 Å². The van der Waals surface area contributed by atoms with Gasteiger partial charge in [-0.1, -0.05) is 13.8 Å². The van der Waals surface area contributed by atoms with Crippen LogP contribution in [0.15, 0.2) is 54.7 Å². The zero-order valence-electron chi connectivity index (χ0n) is 16.1. The second kappa shape index (κ2) is 8.54. The summed E-state index contributed by atoms with van der Waals surface area (Å²) in [7, 11) is 3.30. The third-order valence-corrected chi connectivity index (χ3v) is 4.04. The minimum Gasteiger partial charge on any atom is -0.497 e. The first kappa shape index (κ1) is 18.7. The molecule has 5 heteroatoms. The molecule has 0 bridgehead atoms. The van der Waals surface area contributed by atoms with Gasteiger partial charge in [0.2, 0.25) is 5.88 Å². The van der Waals surface area contributed by atoms with Crippen LogP contribution in [0.1, 0.15) is 13.8 Å². The van der Waals surface area contributed by atoms with Crippen LogP contribution in [0.4, 0.5) is 0 Å². The summed E-state index contributed by atoms with van der Waals surface area (Å²) >= 11 is 0. The van der Waals surface area contributed by atoms with E-state index in [0.717, 1.165) is 34.0 Å². The quantitative estimate of drug-likeness (QED) is 0.599.